The Morgan fingerprint density at radius 2 is 1.83 bits per heavy atom. The predicted octanol–water partition coefficient (Wildman–Crippen LogP) is 4.69. The Kier molecular flexibility index (Phi) is 6.03. The van der Waals surface area contributed by atoms with Gasteiger partial charge in [-0.1, -0.05) is 65.5 Å². The largest absolute Gasteiger partial charge is 0.301 e. The smallest absolute Gasteiger partial charge is 0.251 e. The number of nitrogens with one attached hydrogen (secondary N) is 1. The van der Waals surface area contributed by atoms with Crippen molar-refractivity contribution >= 4 is 35.1 Å². The number of rotatable bonds is 6. The van der Waals surface area contributed by atoms with Crippen LogP contribution in [0.25, 0.3) is 17.1 Å². The summed E-state index contributed by atoms with van der Waals surface area (Å²) in [6.45, 7) is 0. The van der Waals surface area contributed by atoms with Crippen molar-refractivity contribution in [1.82, 2.24) is 24.7 Å². The molecule has 0 aliphatic carbocycles. The van der Waals surface area contributed by atoms with E-state index in [0.29, 0.717) is 26.8 Å². The molecule has 146 valence electrons. The lowest BCUT2D eigenvalue weighted by Gasteiger charge is -2.10. The van der Waals surface area contributed by atoms with Crippen LogP contribution in [0.15, 0.2) is 75.8 Å². The molecule has 9 heteroatoms. The Balaban J connectivity index is 1.72. The first-order chi connectivity index (χ1) is 14.1. The van der Waals surface area contributed by atoms with Gasteiger partial charge in [-0.05, 0) is 30.5 Å². The summed E-state index contributed by atoms with van der Waals surface area (Å²) in [7, 11) is 0. The second-order valence-electron chi connectivity index (χ2n) is 6.02. The average Bonchev–Trinajstić information content (AvgIpc) is 3.17. The van der Waals surface area contributed by atoms with Gasteiger partial charge in [0.1, 0.15) is 0 Å². The molecule has 1 N–H and O–H groups in total. The summed E-state index contributed by atoms with van der Waals surface area (Å²) in [5.41, 5.74) is 2.39. The van der Waals surface area contributed by atoms with E-state index in [1.807, 2.05) is 65.4 Å². The first kappa shape index (κ1) is 19.8. The van der Waals surface area contributed by atoms with Gasteiger partial charge in [-0.2, -0.15) is 0 Å². The fourth-order valence-corrected chi connectivity index (χ4v) is 4.13. The summed E-state index contributed by atoms with van der Waals surface area (Å²) in [6.07, 6.45) is 1.87. The fraction of sp³-hybridized carbons (Fsp3) is 0.100. The molecule has 0 spiro atoms. The third-order valence-electron chi connectivity index (χ3n) is 4.07. The van der Waals surface area contributed by atoms with Gasteiger partial charge in [0.15, 0.2) is 16.1 Å². The van der Waals surface area contributed by atoms with E-state index in [0.717, 1.165) is 17.1 Å². The molecule has 0 atom stereocenters. The van der Waals surface area contributed by atoms with Crippen molar-refractivity contribution in [3.8, 4) is 17.1 Å². The summed E-state index contributed by atoms with van der Waals surface area (Å²) >= 11 is 8.94. The number of aromatic amines is 1. The SMILES string of the molecule is CSc1nc(CSc2nnc(-c3ccccc3)n2-c2ccc(Cl)cc2)cc(=O)[nH]1. The molecule has 0 saturated carbocycles. The Labute approximate surface area is 180 Å². The Morgan fingerprint density at radius 1 is 1.07 bits per heavy atom. The van der Waals surface area contributed by atoms with E-state index in [2.05, 4.69) is 20.2 Å². The molecule has 4 rings (SSSR count). The summed E-state index contributed by atoms with van der Waals surface area (Å²) in [4.78, 5) is 19.0. The number of hydrogen-bond acceptors (Lipinski definition) is 6. The molecule has 0 radical (unpaired) electrons. The van der Waals surface area contributed by atoms with Crippen LogP contribution < -0.4 is 5.56 Å². The van der Waals surface area contributed by atoms with Gasteiger partial charge in [-0.25, -0.2) is 4.98 Å². The molecule has 0 unspecified atom stereocenters. The van der Waals surface area contributed by atoms with E-state index >= 15 is 0 Å². The van der Waals surface area contributed by atoms with Gasteiger partial charge in [-0.3, -0.25) is 9.36 Å². The van der Waals surface area contributed by atoms with Gasteiger partial charge >= 0.3 is 0 Å². The number of hydrogen-bond donors (Lipinski definition) is 1. The van der Waals surface area contributed by atoms with Crippen molar-refractivity contribution in [3.05, 3.63) is 81.7 Å². The average molecular weight is 442 g/mol. The molecule has 2 heterocycles. The van der Waals surface area contributed by atoms with Crippen LogP contribution in [-0.2, 0) is 5.75 Å². The van der Waals surface area contributed by atoms with E-state index in [9.17, 15) is 4.79 Å². The molecule has 0 bridgehead atoms. The minimum Gasteiger partial charge on any atom is -0.301 e. The van der Waals surface area contributed by atoms with E-state index in [4.69, 9.17) is 11.6 Å². The van der Waals surface area contributed by atoms with Crippen molar-refractivity contribution in [2.45, 2.75) is 16.1 Å². The molecule has 2 aromatic carbocycles. The number of thioether (sulfide) groups is 2. The van der Waals surface area contributed by atoms with Gasteiger partial charge in [-0.15, -0.1) is 10.2 Å². The van der Waals surface area contributed by atoms with Crippen LogP contribution in [0.1, 0.15) is 5.69 Å². The van der Waals surface area contributed by atoms with Crippen LogP contribution in [0, 0.1) is 0 Å². The van der Waals surface area contributed by atoms with Gasteiger partial charge in [0, 0.05) is 28.1 Å². The fourth-order valence-electron chi connectivity index (χ4n) is 2.75. The molecule has 0 aliphatic heterocycles. The Morgan fingerprint density at radius 3 is 2.55 bits per heavy atom. The molecule has 0 saturated heterocycles. The van der Waals surface area contributed by atoms with Crippen LogP contribution in [-0.4, -0.2) is 31.0 Å². The number of benzene rings is 2. The number of H-pyrrole nitrogens is 1. The van der Waals surface area contributed by atoms with Gasteiger partial charge < -0.3 is 4.98 Å². The number of nitrogens with zero attached hydrogens (tertiary/aromatic N) is 4. The zero-order chi connectivity index (χ0) is 20.2. The van der Waals surface area contributed by atoms with Crippen LogP contribution in [0.5, 0.6) is 0 Å². The zero-order valence-corrected chi connectivity index (χ0v) is 17.8. The van der Waals surface area contributed by atoms with E-state index in [1.165, 1.54) is 29.6 Å². The quantitative estimate of drug-likeness (QED) is 0.345. The van der Waals surface area contributed by atoms with Gasteiger partial charge in [0.25, 0.3) is 5.56 Å². The standard InChI is InChI=1S/C20H16ClN5OS2/c1-28-19-22-15(11-17(27)23-19)12-29-20-25-24-18(13-5-3-2-4-6-13)26(20)16-9-7-14(21)8-10-16/h2-11H,12H2,1H3,(H,22,23,27). The third kappa shape index (κ3) is 4.55. The highest BCUT2D eigenvalue weighted by Crippen LogP contribution is 2.30. The topological polar surface area (TPSA) is 76.5 Å². The third-order valence-corrected chi connectivity index (χ3v) is 5.86. The van der Waals surface area contributed by atoms with E-state index < -0.39 is 0 Å². The highest BCUT2D eigenvalue weighted by molar-refractivity contribution is 7.98. The van der Waals surface area contributed by atoms with Gasteiger partial charge in [0.2, 0.25) is 0 Å². The summed E-state index contributed by atoms with van der Waals surface area (Å²) in [5, 5.41) is 10.8. The van der Waals surface area contributed by atoms with Crippen LogP contribution in [0.2, 0.25) is 5.02 Å². The molecular formula is C20H16ClN5OS2. The molecule has 0 aliphatic rings. The highest BCUT2D eigenvalue weighted by Gasteiger charge is 2.16. The summed E-state index contributed by atoms with van der Waals surface area (Å²) in [6, 6.07) is 18.9. The first-order valence-corrected chi connectivity index (χ1v) is 11.3. The maximum Gasteiger partial charge on any atom is 0.251 e. The van der Waals surface area contributed by atoms with Crippen LogP contribution in [0.3, 0.4) is 0 Å². The van der Waals surface area contributed by atoms with Crippen molar-refractivity contribution in [2.75, 3.05) is 6.26 Å². The lowest BCUT2D eigenvalue weighted by molar-refractivity contribution is 0.877. The number of halogens is 1. The first-order valence-electron chi connectivity index (χ1n) is 8.68. The molecule has 29 heavy (non-hydrogen) atoms. The summed E-state index contributed by atoms with van der Waals surface area (Å²) < 4.78 is 1.99. The molecule has 4 aromatic rings. The maximum absolute atomic E-state index is 11.8. The van der Waals surface area contributed by atoms with Gasteiger partial charge in [0.05, 0.1) is 5.69 Å². The van der Waals surface area contributed by atoms with E-state index in [-0.39, 0.29) is 5.56 Å². The minimum absolute atomic E-state index is 0.163. The van der Waals surface area contributed by atoms with Crippen LogP contribution in [0.4, 0.5) is 0 Å². The lowest BCUT2D eigenvalue weighted by Crippen LogP contribution is -2.09. The van der Waals surface area contributed by atoms with E-state index in [1.54, 1.807) is 0 Å². The predicted molar refractivity (Wildman–Crippen MR) is 118 cm³/mol. The second-order valence-corrected chi connectivity index (χ2v) is 8.19. The minimum atomic E-state index is -0.163. The normalized spacial score (nSPS) is 11.0. The van der Waals surface area contributed by atoms with Crippen molar-refractivity contribution in [3.63, 3.8) is 0 Å². The Bertz CT molecular complexity index is 1180. The summed E-state index contributed by atoms with van der Waals surface area (Å²) in [5.74, 6) is 1.23. The van der Waals surface area contributed by atoms with Crippen molar-refractivity contribution in [1.29, 1.82) is 0 Å². The second kappa shape index (κ2) is 8.86. The molecule has 2 aromatic heterocycles. The van der Waals surface area contributed by atoms with Crippen molar-refractivity contribution in [2.24, 2.45) is 0 Å². The molecular weight excluding hydrogens is 426 g/mol. The highest BCUT2D eigenvalue weighted by atomic mass is 35.5. The zero-order valence-electron chi connectivity index (χ0n) is 15.4. The number of aromatic nitrogens is 5. The lowest BCUT2D eigenvalue weighted by atomic mass is 10.2. The molecule has 6 nitrogen and oxygen atoms in total. The molecule has 0 amide bonds. The van der Waals surface area contributed by atoms with Crippen LogP contribution >= 0.6 is 35.1 Å². The molecule has 0 fully saturated rings. The maximum atomic E-state index is 11.8. The monoisotopic (exact) mass is 441 g/mol. The van der Waals surface area contributed by atoms with Crippen molar-refractivity contribution < 1.29 is 0 Å². The Hall–Kier alpha value is -2.55.